The van der Waals surface area contributed by atoms with Crippen molar-refractivity contribution in [2.75, 3.05) is 7.11 Å². The Bertz CT molecular complexity index is 1340. The van der Waals surface area contributed by atoms with Crippen LogP contribution in [0.3, 0.4) is 0 Å². The number of halogens is 3. The van der Waals surface area contributed by atoms with Gasteiger partial charge in [0.1, 0.15) is 18.6 Å². The fraction of sp³-hybridized carbons (Fsp3) is 0.143. The first kappa shape index (κ1) is 21.1. The molecular formula is C21H14F3N3O5. The molecule has 0 aliphatic carbocycles. The summed E-state index contributed by atoms with van der Waals surface area (Å²) < 4.78 is 51.9. The number of benzene rings is 2. The zero-order valence-corrected chi connectivity index (χ0v) is 16.4. The minimum absolute atomic E-state index is 0.0236. The van der Waals surface area contributed by atoms with Crippen molar-refractivity contribution in [2.45, 2.75) is 12.9 Å². The fourth-order valence-corrected chi connectivity index (χ4v) is 3.03. The number of aromatic nitrogens is 3. The first-order valence-electron chi connectivity index (χ1n) is 9.11. The van der Waals surface area contributed by atoms with Crippen LogP contribution in [0.4, 0.5) is 13.2 Å². The maximum Gasteiger partial charge on any atom is 0.573 e. The normalized spacial score (nSPS) is 11.5. The minimum Gasteiger partial charge on any atom is -0.464 e. The van der Waals surface area contributed by atoms with Gasteiger partial charge in [-0.15, -0.1) is 13.2 Å². The highest BCUT2D eigenvalue weighted by atomic mass is 19.4. The topological polar surface area (TPSA) is 96.5 Å². The summed E-state index contributed by atoms with van der Waals surface area (Å²) in [5, 5.41) is 0.292. The lowest BCUT2D eigenvalue weighted by atomic mass is 10.0. The first-order valence-corrected chi connectivity index (χ1v) is 9.11. The molecule has 2 aromatic heterocycles. The van der Waals surface area contributed by atoms with E-state index in [2.05, 4.69) is 19.4 Å². The molecule has 0 atom stereocenters. The molecule has 0 spiro atoms. The smallest absolute Gasteiger partial charge is 0.464 e. The number of esters is 1. The minimum atomic E-state index is -4.78. The molecule has 4 rings (SSSR count). The SMILES string of the molecule is COC(=O)c1coc(Cn2cnc3ccc(-c4ccc(OC(F)(F)F)cc4)cc3c2=O)n1. The predicted molar refractivity (Wildman–Crippen MR) is 105 cm³/mol. The number of carbonyl (C=O) groups is 1. The van der Waals surface area contributed by atoms with E-state index in [0.29, 0.717) is 22.0 Å². The number of carbonyl (C=O) groups excluding carboxylic acids is 1. The summed E-state index contributed by atoms with van der Waals surface area (Å²) in [7, 11) is 1.21. The zero-order valence-electron chi connectivity index (χ0n) is 16.4. The Morgan fingerprint density at radius 3 is 2.53 bits per heavy atom. The van der Waals surface area contributed by atoms with Crippen LogP contribution in [-0.2, 0) is 11.3 Å². The van der Waals surface area contributed by atoms with Gasteiger partial charge < -0.3 is 13.9 Å². The Hall–Kier alpha value is -4.15. The third-order valence-electron chi connectivity index (χ3n) is 4.50. The van der Waals surface area contributed by atoms with Crippen molar-refractivity contribution in [1.82, 2.24) is 14.5 Å². The van der Waals surface area contributed by atoms with Crippen LogP contribution in [0.5, 0.6) is 5.75 Å². The van der Waals surface area contributed by atoms with Gasteiger partial charge in [0, 0.05) is 0 Å². The van der Waals surface area contributed by atoms with Gasteiger partial charge in [0.25, 0.3) is 5.56 Å². The summed E-state index contributed by atoms with van der Waals surface area (Å²) >= 11 is 0. The summed E-state index contributed by atoms with van der Waals surface area (Å²) in [4.78, 5) is 32.7. The first-order chi connectivity index (χ1) is 15.2. The Labute approximate surface area is 177 Å². The van der Waals surface area contributed by atoms with Gasteiger partial charge in [-0.25, -0.2) is 14.8 Å². The molecule has 0 N–H and O–H groups in total. The predicted octanol–water partition coefficient (Wildman–Crippen LogP) is 3.79. The molecule has 2 aromatic carbocycles. The Balaban J connectivity index is 1.64. The number of rotatable bonds is 5. The van der Waals surface area contributed by atoms with Crippen molar-refractivity contribution in [3.05, 3.63) is 77.0 Å². The second-order valence-corrected chi connectivity index (χ2v) is 6.60. The van der Waals surface area contributed by atoms with E-state index in [0.717, 1.165) is 6.26 Å². The maximum absolute atomic E-state index is 12.9. The van der Waals surface area contributed by atoms with Gasteiger partial charge in [-0.05, 0) is 35.4 Å². The largest absolute Gasteiger partial charge is 0.573 e. The molecule has 32 heavy (non-hydrogen) atoms. The fourth-order valence-electron chi connectivity index (χ4n) is 3.03. The van der Waals surface area contributed by atoms with Gasteiger partial charge >= 0.3 is 12.3 Å². The number of alkyl halides is 3. The number of oxazole rings is 1. The molecule has 2 heterocycles. The average Bonchev–Trinajstić information content (AvgIpc) is 3.23. The van der Waals surface area contributed by atoms with Crippen molar-refractivity contribution in [3.8, 4) is 16.9 Å². The average molecular weight is 445 g/mol. The highest BCUT2D eigenvalue weighted by molar-refractivity contribution is 5.86. The van der Waals surface area contributed by atoms with E-state index < -0.39 is 12.3 Å². The maximum atomic E-state index is 12.9. The van der Waals surface area contributed by atoms with Crippen LogP contribution in [0.2, 0.25) is 0 Å². The third kappa shape index (κ3) is 4.46. The molecule has 0 saturated heterocycles. The summed E-state index contributed by atoms with van der Waals surface area (Å²) in [6.07, 6.45) is -2.32. The molecule has 0 aliphatic heterocycles. The molecule has 0 unspecified atom stereocenters. The van der Waals surface area contributed by atoms with Gasteiger partial charge in [0.2, 0.25) is 5.89 Å². The summed E-state index contributed by atoms with van der Waals surface area (Å²) in [6.45, 7) is -0.0630. The molecule has 0 aliphatic rings. The van der Waals surface area contributed by atoms with Crippen LogP contribution in [0.15, 0.2) is 64.3 Å². The number of ether oxygens (including phenoxy) is 2. The molecule has 0 fully saturated rings. The second-order valence-electron chi connectivity index (χ2n) is 6.60. The Morgan fingerprint density at radius 2 is 1.84 bits per heavy atom. The summed E-state index contributed by atoms with van der Waals surface area (Å²) in [6, 6.07) is 10.2. The molecule has 0 saturated carbocycles. The van der Waals surface area contributed by atoms with E-state index in [1.165, 1.54) is 42.3 Å². The van der Waals surface area contributed by atoms with Crippen LogP contribution >= 0.6 is 0 Å². The van der Waals surface area contributed by atoms with E-state index >= 15 is 0 Å². The number of nitrogens with zero attached hydrogens (tertiary/aromatic N) is 3. The van der Waals surface area contributed by atoms with E-state index in [4.69, 9.17) is 4.42 Å². The van der Waals surface area contributed by atoms with Gasteiger partial charge in [0.15, 0.2) is 5.69 Å². The molecule has 8 nitrogen and oxygen atoms in total. The quantitative estimate of drug-likeness (QED) is 0.431. The van der Waals surface area contributed by atoms with Crippen molar-refractivity contribution < 1.29 is 31.9 Å². The lowest BCUT2D eigenvalue weighted by Gasteiger charge is -2.10. The van der Waals surface area contributed by atoms with Crippen molar-refractivity contribution in [1.29, 1.82) is 0 Å². The number of methoxy groups -OCH3 is 1. The van der Waals surface area contributed by atoms with Crippen LogP contribution in [0.25, 0.3) is 22.0 Å². The van der Waals surface area contributed by atoms with Gasteiger partial charge in [-0.2, -0.15) is 0 Å². The summed E-state index contributed by atoms with van der Waals surface area (Å²) in [5.41, 5.74) is 1.23. The number of fused-ring (bicyclic) bond motifs is 1. The second kappa shape index (κ2) is 8.17. The lowest BCUT2D eigenvalue weighted by Crippen LogP contribution is -2.21. The van der Waals surface area contributed by atoms with Crippen LogP contribution < -0.4 is 10.3 Å². The van der Waals surface area contributed by atoms with Crippen LogP contribution in [0, 0.1) is 0 Å². The standard InChI is InChI=1S/C21H14F3N3O5/c1-30-20(29)17-10-31-18(26-17)9-27-11-25-16-7-4-13(8-15(16)19(27)28)12-2-5-14(6-3-12)32-21(22,23)24/h2-8,10-11H,9H2,1H3. The van der Waals surface area contributed by atoms with E-state index in [9.17, 15) is 22.8 Å². The third-order valence-corrected chi connectivity index (χ3v) is 4.50. The van der Waals surface area contributed by atoms with Crippen molar-refractivity contribution >= 4 is 16.9 Å². The van der Waals surface area contributed by atoms with E-state index in [1.54, 1.807) is 18.2 Å². The molecule has 164 valence electrons. The molecule has 4 aromatic rings. The van der Waals surface area contributed by atoms with E-state index in [1.807, 2.05) is 0 Å². The van der Waals surface area contributed by atoms with Gasteiger partial charge in [0.05, 0.1) is 24.3 Å². The lowest BCUT2D eigenvalue weighted by molar-refractivity contribution is -0.274. The number of hydrogen-bond acceptors (Lipinski definition) is 7. The summed E-state index contributed by atoms with van der Waals surface area (Å²) in [5.74, 6) is -0.895. The van der Waals surface area contributed by atoms with Crippen molar-refractivity contribution in [3.63, 3.8) is 0 Å². The Kier molecular flexibility index (Phi) is 5.39. The molecule has 0 amide bonds. The van der Waals surface area contributed by atoms with Gasteiger partial charge in [-0.3, -0.25) is 9.36 Å². The highest BCUT2D eigenvalue weighted by Crippen LogP contribution is 2.27. The number of hydrogen-bond donors (Lipinski definition) is 0. The van der Waals surface area contributed by atoms with Crippen LogP contribution in [0.1, 0.15) is 16.4 Å². The zero-order chi connectivity index (χ0) is 22.9. The van der Waals surface area contributed by atoms with Crippen LogP contribution in [-0.4, -0.2) is 34.0 Å². The molecular weight excluding hydrogens is 431 g/mol. The van der Waals surface area contributed by atoms with Crippen molar-refractivity contribution in [2.24, 2.45) is 0 Å². The molecule has 11 heteroatoms. The molecule has 0 bridgehead atoms. The van der Waals surface area contributed by atoms with E-state index in [-0.39, 0.29) is 29.4 Å². The Morgan fingerprint density at radius 1 is 1.12 bits per heavy atom. The highest BCUT2D eigenvalue weighted by Gasteiger charge is 2.31. The monoisotopic (exact) mass is 445 g/mol. The van der Waals surface area contributed by atoms with Gasteiger partial charge in [-0.1, -0.05) is 18.2 Å². The molecule has 0 radical (unpaired) electrons.